The molecule has 0 atom stereocenters. The van der Waals surface area contributed by atoms with Gasteiger partial charge < -0.3 is 0 Å². The highest BCUT2D eigenvalue weighted by Gasteiger charge is 2.30. The van der Waals surface area contributed by atoms with Crippen molar-refractivity contribution in [2.45, 2.75) is 6.18 Å². The van der Waals surface area contributed by atoms with Crippen molar-refractivity contribution in [2.75, 3.05) is 0 Å². The van der Waals surface area contributed by atoms with Crippen molar-refractivity contribution in [2.24, 2.45) is 0 Å². The van der Waals surface area contributed by atoms with Crippen molar-refractivity contribution in [3.05, 3.63) is 64.4 Å². The molecule has 0 aliphatic carbocycles. The third-order valence-corrected chi connectivity index (χ3v) is 4.06. The smallest absolute Gasteiger partial charge is 0.267 e. The number of nitrogens with zero attached hydrogens (tertiary/aromatic N) is 1. The SMILES string of the molecule is O=c1nc(-c2cccc(C(F)(F)F)c2)sc2ccccc12. The quantitative estimate of drug-likeness (QED) is 0.669. The Labute approximate surface area is 121 Å². The van der Waals surface area contributed by atoms with Crippen LogP contribution in [0.1, 0.15) is 5.56 Å². The van der Waals surface area contributed by atoms with Gasteiger partial charge in [0, 0.05) is 10.3 Å². The molecule has 0 radical (unpaired) electrons. The molecular weight excluding hydrogens is 299 g/mol. The molecule has 2 nitrogen and oxygen atoms in total. The molecule has 0 spiro atoms. The molecule has 1 aromatic heterocycles. The molecule has 0 amide bonds. The van der Waals surface area contributed by atoms with E-state index in [1.807, 2.05) is 0 Å². The fourth-order valence-electron chi connectivity index (χ4n) is 1.96. The zero-order valence-electron chi connectivity index (χ0n) is 10.5. The number of benzene rings is 2. The van der Waals surface area contributed by atoms with Gasteiger partial charge >= 0.3 is 6.18 Å². The molecule has 106 valence electrons. The summed E-state index contributed by atoms with van der Waals surface area (Å²) >= 11 is 1.19. The number of halogens is 3. The van der Waals surface area contributed by atoms with Gasteiger partial charge in [0.25, 0.3) is 5.56 Å². The lowest BCUT2D eigenvalue weighted by Crippen LogP contribution is -2.07. The Morgan fingerprint density at radius 1 is 1.00 bits per heavy atom. The van der Waals surface area contributed by atoms with Gasteiger partial charge in [-0.05, 0) is 24.3 Å². The van der Waals surface area contributed by atoms with E-state index in [0.717, 1.165) is 12.1 Å². The Morgan fingerprint density at radius 2 is 1.76 bits per heavy atom. The Bertz CT molecular complexity index is 870. The van der Waals surface area contributed by atoms with Crippen LogP contribution in [0.15, 0.2) is 53.3 Å². The van der Waals surface area contributed by atoms with Crippen LogP contribution in [-0.4, -0.2) is 4.98 Å². The van der Waals surface area contributed by atoms with E-state index in [1.54, 1.807) is 24.3 Å². The maximum Gasteiger partial charge on any atom is 0.416 e. The minimum absolute atomic E-state index is 0.282. The first-order chi connectivity index (χ1) is 9.95. The fraction of sp³-hybridized carbons (Fsp3) is 0.0667. The van der Waals surface area contributed by atoms with Gasteiger partial charge in [0.15, 0.2) is 0 Å². The number of rotatable bonds is 1. The van der Waals surface area contributed by atoms with Gasteiger partial charge in [-0.1, -0.05) is 24.3 Å². The first-order valence-corrected chi connectivity index (χ1v) is 6.84. The standard InChI is InChI=1S/C15H8F3NOS/c16-15(17,18)10-5-3-4-9(8-10)14-19-13(20)11-6-1-2-7-12(11)21-14/h1-8H. The molecule has 2 aromatic carbocycles. The van der Waals surface area contributed by atoms with E-state index < -0.39 is 17.3 Å². The summed E-state index contributed by atoms with van der Waals surface area (Å²) in [5.41, 5.74) is -0.899. The molecule has 1 heterocycles. The first kappa shape index (κ1) is 13.8. The Morgan fingerprint density at radius 3 is 2.52 bits per heavy atom. The zero-order chi connectivity index (χ0) is 15.0. The molecule has 0 aliphatic rings. The zero-order valence-corrected chi connectivity index (χ0v) is 11.3. The van der Waals surface area contributed by atoms with Crippen LogP contribution in [-0.2, 0) is 6.18 Å². The second kappa shape index (κ2) is 4.96. The van der Waals surface area contributed by atoms with E-state index in [0.29, 0.717) is 10.1 Å². The van der Waals surface area contributed by atoms with E-state index in [2.05, 4.69) is 4.98 Å². The molecule has 0 saturated heterocycles. The lowest BCUT2D eigenvalue weighted by atomic mass is 10.1. The number of hydrogen-bond donors (Lipinski definition) is 0. The lowest BCUT2D eigenvalue weighted by Gasteiger charge is -2.08. The van der Waals surface area contributed by atoms with Gasteiger partial charge in [-0.25, -0.2) is 0 Å². The number of fused-ring (bicyclic) bond motifs is 1. The third-order valence-electron chi connectivity index (χ3n) is 2.96. The van der Waals surface area contributed by atoms with Crippen LogP contribution in [0.5, 0.6) is 0 Å². The first-order valence-electron chi connectivity index (χ1n) is 6.03. The molecule has 0 aliphatic heterocycles. The van der Waals surface area contributed by atoms with Crippen molar-refractivity contribution < 1.29 is 13.2 Å². The van der Waals surface area contributed by atoms with Crippen molar-refractivity contribution in [1.29, 1.82) is 0 Å². The molecule has 6 heteroatoms. The summed E-state index contributed by atoms with van der Waals surface area (Å²) in [5, 5.41) is 0.753. The molecule has 3 aromatic rings. The van der Waals surface area contributed by atoms with Crippen LogP contribution in [0, 0.1) is 0 Å². The Hall–Kier alpha value is -2.21. The van der Waals surface area contributed by atoms with Crippen LogP contribution in [0.4, 0.5) is 13.2 Å². The average Bonchev–Trinajstić information content (AvgIpc) is 2.46. The molecule has 0 saturated carbocycles. The number of alkyl halides is 3. The number of aromatic nitrogens is 1. The molecule has 0 unspecified atom stereocenters. The van der Waals surface area contributed by atoms with Gasteiger partial charge in [0.2, 0.25) is 0 Å². The second-order valence-corrected chi connectivity index (χ2v) is 5.43. The third kappa shape index (κ3) is 2.67. The second-order valence-electron chi connectivity index (χ2n) is 4.40. The van der Waals surface area contributed by atoms with E-state index in [-0.39, 0.29) is 10.6 Å². The van der Waals surface area contributed by atoms with E-state index in [4.69, 9.17) is 0 Å². The molecule has 3 rings (SSSR count). The topological polar surface area (TPSA) is 30.0 Å². The van der Waals surface area contributed by atoms with Gasteiger partial charge in [-0.15, -0.1) is 11.3 Å². The monoisotopic (exact) mass is 307 g/mol. The minimum atomic E-state index is -4.42. The van der Waals surface area contributed by atoms with E-state index >= 15 is 0 Å². The highest BCUT2D eigenvalue weighted by molar-refractivity contribution is 7.21. The summed E-state index contributed by atoms with van der Waals surface area (Å²) in [7, 11) is 0. The summed E-state index contributed by atoms with van der Waals surface area (Å²) < 4.78 is 38.9. The predicted molar refractivity (Wildman–Crippen MR) is 76.3 cm³/mol. The lowest BCUT2D eigenvalue weighted by molar-refractivity contribution is -0.137. The summed E-state index contributed by atoms with van der Waals surface area (Å²) in [4.78, 5) is 15.8. The normalized spacial score (nSPS) is 11.8. The molecule has 21 heavy (non-hydrogen) atoms. The van der Waals surface area contributed by atoms with Crippen molar-refractivity contribution >= 4 is 21.4 Å². The van der Waals surface area contributed by atoms with Crippen LogP contribution in [0.25, 0.3) is 20.7 Å². The Balaban J connectivity index is 2.19. The van der Waals surface area contributed by atoms with Crippen LogP contribution in [0.2, 0.25) is 0 Å². The van der Waals surface area contributed by atoms with Gasteiger partial charge in [0.1, 0.15) is 5.01 Å². The average molecular weight is 307 g/mol. The molecule has 0 N–H and O–H groups in total. The van der Waals surface area contributed by atoms with Gasteiger partial charge in [0.05, 0.1) is 10.9 Å². The van der Waals surface area contributed by atoms with Gasteiger partial charge in [-0.3, -0.25) is 4.79 Å². The van der Waals surface area contributed by atoms with Crippen molar-refractivity contribution in [1.82, 2.24) is 4.98 Å². The van der Waals surface area contributed by atoms with Crippen LogP contribution in [0.3, 0.4) is 0 Å². The summed E-state index contributed by atoms with van der Waals surface area (Å²) in [6.07, 6.45) is -4.42. The van der Waals surface area contributed by atoms with Crippen LogP contribution >= 0.6 is 11.3 Å². The van der Waals surface area contributed by atoms with Crippen LogP contribution < -0.4 is 5.56 Å². The van der Waals surface area contributed by atoms with Crippen molar-refractivity contribution in [3.8, 4) is 10.6 Å². The maximum absolute atomic E-state index is 12.7. The molecule has 0 bridgehead atoms. The minimum Gasteiger partial charge on any atom is -0.267 e. The highest BCUT2D eigenvalue weighted by atomic mass is 32.1. The molecular formula is C15H8F3NOS. The summed E-state index contributed by atoms with van der Waals surface area (Å²) in [5.74, 6) is 0. The van der Waals surface area contributed by atoms with E-state index in [9.17, 15) is 18.0 Å². The maximum atomic E-state index is 12.7. The molecule has 0 fully saturated rings. The Kier molecular flexibility index (Phi) is 3.25. The predicted octanol–water partition coefficient (Wildman–Crippen LogP) is 4.34. The summed E-state index contributed by atoms with van der Waals surface area (Å²) in [6.45, 7) is 0. The van der Waals surface area contributed by atoms with E-state index in [1.165, 1.54) is 23.5 Å². The number of hydrogen-bond acceptors (Lipinski definition) is 3. The fourth-order valence-corrected chi connectivity index (χ4v) is 2.96. The largest absolute Gasteiger partial charge is 0.416 e. The summed E-state index contributed by atoms with van der Waals surface area (Å²) in [6, 6.07) is 11.7. The van der Waals surface area contributed by atoms with Crippen molar-refractivity contribution in [3.63, 3.8) is 0 Å². The highest BCUT2D eigenvalue weighted by Crippen LogP contribution is 2.33. The van der Waals surface area contributed by atoms with Gasteiger partial charge in [-0.2, -0.15) is 18.2 Å².